The van der Waals surface area contributed by atoms with E-state index in [9.17, 15) is 4.79 Å². The number of hydrogen-bond acceptors (Lipinski definition) is 3. The number of likely N-dealkylation sites (tertiary alicyclic amines) is 1. The van der Waals surface area contributed by atoms with Crippen LogP contribution in [0.3, 0.4) is 0 Å². The van der Waals surface area contributed by atoms with Crippen LogP contribution in [0.4, 0.5) is 10.5 Å². The predicted octanol–water partition coefficient (Wildman–Crippen LogP) is 5.62. The van der Waals surface area contributed by atoms with Crippen LogP contribution in [0.1, 0.15) is 70.8 Å². The molecule has 26 heavy (non-hydrogen) atoms. The molecule has 2 rings (SSSR count). The third kappa shape index (κ3) is 7.77. The van der Waals surface area contributed by atoms with Crippen LogP contribution in [0.25, 0.3) is 0 Å². The van der Waals surface area contributed by atoms with Gasteiger partial charge in [0.1, 0.15) is 6.10 Å². The minimum absolute atomic E-state index is 0.0886. The molecule has 0 spiro atoms. The molecule has 4 heteroatoms. The molecule has 1 saturated heterocycles. The number of amides is 1. The summed E-state index contributed by atoms with van der Waals surface area (Å²) in [4.78, 5) is 14.7. The zero-order valence-corrected chi connectivity index (χ0v) is 16.6. The van der Waals surface area contributed by atoms with E-state index >= 15 is 0 Å². The zero-order chi connectivity index (χ0) is 18.6. The van der Waals surface area contributed by atoms with Gasteiger partial charge in [-0.3, -0.25) is 10.2 Å². The third-order valence-electron chi connectivity index (χ3n) is 5.08. The van der Waals surface area contributed by atoms with Gasteiger partial charge in [0.15, 0.2) is 0 Å². The molecule has 1 N–H and O–H groups in total. The Morgan fingerprint density at radius 1 is 1.12 bits per heavy atom. The summed E-state index contributed by atoms with van der Waals surface area (Å²) in [6.07, 6.45) is 10.7. The van der Waals surface area contributed by atoms with Crippen molar-refractivity contribution in [2.24, 2.45) is 0 Å². The van der Waals surface area contributed by atoms with Gasteiger partial charge >= 0.3 is 6.09 Å². The average Bonchev–Trinajstić information content (AvgIpc) is 2.63. The third-order valence-corrected chi connectivity index (χ3v) is 5.08. The molecule has 0 radical (unpaired) electrons. The van der Waals surface area contributed by atoms with Gasteiger partial charge in [0.25, 0.3) is 0 Å². The maximum Gasteiger partial charge on any atom is 0.411 e. The number of unbranched alkanes of at least 4 members (excludes halogenated alkanes) is 4. The fraction of sp³-hybridized carbons (Fsp3) is 0.682. The van der Waals surface area contributed by atoms with Crippen molar-refractivity contribution in [1.82, 2.24) is 4.90 Å². The van der Waals surface area contributed by atoms with Crippen molar-refractivity contribution in [3.8, 4) is 0 Å². The van der Waals surface area contributed by atoms with Gasteiger partial charge in [-0.25, -0.2) is 4.79 Å². The van der Waals surface area contributed by atoms with Crippen LogP contribution in [-0.4, -0.2) is 36.7 Å². The molecule has 0 saturated carbocycles. The number of hydrogen-bond donors (Lipinski definition) is 1. The van der Waals surface area contributed by atoms with E-state index in [4.69, 9.17) is 4.74 Å². The number of rotatable bonds is 10. The topological polar surface area (TPSA) is 41.6 Å². The van der Waals surface area contributed by atoms with Gasteiger partial charge in [-0.05, 0) is 57.3 Å². The molecule has 0 aliphatic carbocycles. The van der Waals surface area contributed by atoms with E-state index in [1.54, 1.807) is 0 Å². The molecule has 1 aromatic rings. The summed E-state index contributed by atoms with van der Waals surface area (Å²) in [5.41, 5.74) is 2.09. The van der Waals surface area contributed by atoms with E-state index in [2.05, 4.69) is 23.2 Å². The van der Waals surface area contributed by atoms with Crippen LogP contribution in [0, 0.1) is 0 Å². The lowest BCUT2D eigenvalue weighted by Crippen LogP contribution is -2.37. The fourth-order valence-electron chi connectivity index (χ4n) is 3.64. The van der Waals surface area contributed by atoms with Crippen LogP contribution >= 0.6 is 0 Å². The molecule has 1 amide bonds. The summed E-state index contributed by atoms with van der Waals surface area (Å²) in [6, 6.07) is 8.08. The highest BCUT2D eigenvalue weighted by molar-refractivity contribution is 5.85. The Bertz CT molecular complexity index is 527. The second-order valence-electron chi connectivity index (χ2n) is 7.52. The highest BCUT2D eigenvalue weighted by Gasteiger charge is 2.17. The van der Waals surface area contributed by atoms with Crippen molar-refractivity contribution >= 4 is 11.8 Å². The van der Waals surface area contributed by atoms with Crippen LogP contribution < -0.4 is 5.32 Å². The van der Waals surface area contributed by atoms with Crippen molar-refractivity contribution < 1.29 is 9.53 Å². The summed E-state index contributed by atoms with van der Waals surface area (Å²) >= 11 is 0. The number of piperidine rings is 1. The minimum Gasteiger partial charge on any atom is -0.445 e. The van der Waals surface area contributed by atoms with E-state index in [0.717, 1.165) is 31.7 Å². The summed E-state index contributed by atoms with van der Waals surface area (Å²) in [5.74, 6) is 0. The number of carbonyl (C=O) groups is 1. The van der Waals surface area contributed by atoms with Gasteiger partial charge in [0, 0.05) is 12.2 Å². The van der Waals surface area contributed by atoms with Crippen molar-refractivity contribution in [1.29, 1.82) is 0 Å². The van der Waals surface area contributed by atoms with Crippen LogP contribution in [0.5, 0.6) is 0 Å². The van der Waals surface area contributed by atoms with Gasteiger partial charge in [-0.1, -0.05) is 57.2 Å². The highest BCUT2D eigenvalue weighted by atomic mass is 16.6. The maximum absolute atomic E-state index is 12.3. The Morgan fingerprint density at radius 2 is 1.85 bits per heavy atom. The number of anilines is 1. The lowest BCUT2D eigenvalue weighted by atomic mass is 10.0. The Hall–Kier alpha value is -1.55. The Kier molecular flexibility index (Phi) is 9.54. The molecular formula is C22H36N2O2. The fourth-order valence-corrected chi connectivity index (χ4v) is 3.64. The standard InChI is InChI=1S/C22H36N2O2/c1-3-4-5-6-8-13-20-14-9-10-15-21(20)23-22(25)26-19(2)18-24-16-11-7-12-17-24/h9-10,14-15,19H,3-8,11-13,16-18H2,1-2H3,(H,23,25)/t19-/m1/s1. The van der Waals surface area contributed by atoms with Crippen molar-refractivity contribution in [2.45, 2.75) is 77.7 Å². The molecule has 146 valence electrons. The summed E-state index contributed by atoms with van der Waals surface area (Å²) in [5, 5.41) is 2.95. The normalized spacial score (nSPS) is 16.2. The highest BCUT2D eigenvalue weighted by Crippen LogP contribution is 2.19. The largest absolute Gasteiger partial charge is 0.445 e. The van der Waals surface area contributed by atoms with E-state index in [-0.39, 0.29) is 12.2 Å². The van der Waals surface area contributed by atoms with Gasteiger partial charge in [0.05, 0.1) is 0 Å². The summed E-state index contributed by atoms with van der Waals surface area (Å²) in [6.45, 7) is 7.28. The molecule has 1 fully saturated rings. The van der Waals surface area contributed by atoms with Gasteiger partial charge in [-0.15, -0.1) is 0 Å². The van der Waals surface area contributed by atoms with Crippen LogP contribution in [-0.2, 0) is 11.2 Å². The first kappa shape index (κ1) is 20.8. The number of nitrogens with zero attached hydrogens (tertiary/aromatic N) is 1. The summed E-state index contributed by atoms with van der Waals surface area (Å²) in [7, 11) is 0. The van der Waals surface area contributed by atoms with Crippen molar-refractivity contribution in [3.63, 3.8) is 0 Å². The monoisotopic (exact) mass is 360 g/mol. The van der Waals surface area contributed by atoms with E-state index < -0.39 is 0 Å². The molecule has 1 atom stereocenters. The average molecular weight is 361 g/mol. The molecule has 0 bridgehead atoms. The quantitative estimate of drug-likeness (QED) is 0.550. The smallest absolute Gasteiger partial charge is 0.411 e. The first-order chi connectivity index (χ1) is 12.7. The molecular weight excluding hydrogens is 324 g/mol. The Balaban J connectivity index is 1.76. The van der Waals surface area contributed by atoms with E-state index in [1.807, 2.05) is 25.1 Å². The Labute approximate surface area is 159 Å². The molecule has 0 aromatic heterocycles. The first-order valence-corrected chi connectivity index (χ1v) is 10.5. The van der Waals surface area contributed by atoms with Crippen LogP contribution in [0.2, 0.25) is 0 Å². The SMILES string of the molecule is CCCCCCCc1ccccc1NC(=O)O[C@H](C)CN1CCCCC1. The Morgan fingerprint density at radius 3 is 2.62 bits per heavy atom. The lowest BCUT2D eigenvalue weighted by Gasteiger charge is -2.28. The lowest BCUT2D eigenvalue weighted by molar-refractivity contribution is 0.0833. The molecule has 1 heterocycles. The molecule has 4 nitrogen and oxygen atoms in total. The summed E-state index contributed by atoms with van der Waals surface area (Å²) < 4.78 is 5.58. The number of carbonyl (C=O) groups excluding carboxylic acids is 1. The van der Waals surface area contributed by atoms with Crippen molar-refractivity contribution in [3.05, 3.63) is 29.8 Å². The second-order valence-corrected chi connectivity index (χ2v) is 7.52. The predicted molar refractivity (Wildman–Crippen MR) is 109 cm³/mol. The number of aryl methyl sites for hydroxylation is 1. The molecule has 1 aliphatic heterocycles. The second kappa shape index (κ2) is 11.9. The number of benzene rings is 1. The van der Waals surface area contributed by atoms with Gasteiger partial charge in [-0.2, -0.15) is 0 Å². The number of para-hydroxylation sites is 1. The molecule has 1 aromatic carbocycles. The van der Waals surface area contributed by atoms with E-state index in [1.165, 1.54) is 56.9 Å². The van der Waals surface area contributed by atoms with Gasteiger partial charge < -0.3 is 4.74 Å². The molecule has 1 aliphatic rings. The molecule has 0 unspecified atom stereocenters. The number of nitrogens with one attached hydrogen (secondary N) is 1. The van der Waals surface area contributed by atoms with Gasteiger partial charge in [0.2, 0.25) is 0 Å². The zero-order valence-electron chi connectivity index (χ0n) is 16.6. The number of ether oxygens (including phenoxy) is 1. The van der Waals surface area contributed by atoms with Crippen molar-refractivity contribution in [2.75, 3.05) is 25.0 Å². The first-order valence-electron chi connectivity index (χ1n) is 10.5. The van der Waals surface area contributed by atoms with Crippen LogP contribution in [0.15, 0.2) is 24.3 Å². The van der Waals surface area contributed by atoms with E-state index in [0.29, 0.717) is 0 Å². The maximum atomic E-state index is 12.3. The minimum atomic E-state index is -0.340.